The largest absolute Gasteiger partial charge is 0.497 e. The van der Waals surface area contributed by atoms with Gasteiger partial charge >= 0.3 is 0 Å². The summed E-state index contributed by atoms with van der Waals surface area (Å²) < 4.78 is 18.1. The lowest BCUT2D eigenvalue weighted by molar-refractivity contribution is 0.105. The van der Waals surface area contributed by atoms with Crippen LogP contribution >= 0.6 is 0 Å². The molecule has 0 aliphatic heterocycles. The van der Waals surface area contributed by atoms with Crippen molar-refractivity contribution in [1.82, 2.24) is 0 Å². The Labute approximate surface area is 87.3 Å². The number of rotatable bonds is 5. The van der Waals surface area contributed by atoms with E-state index < -0.39 is 11.9 Å². The summed E-state index contributed by atoms with van der Waals surface area (Å²) >= 11 is 0. The maximum absolute atomic E-state index is 13.3. The summed E-state index contributed by atoms with van der Waals surface area (Å²) in [5.74, 6) is -0.0275. The molecule has 3 N–H and O–H groups in total. The van der Waals surface area contributed by atoms with Gasteiger partial charge in [-0.15, -0.1) is 0 Å². The van der Waals surface area contributed by atoms with E-state index in [1.165, 1.54) is 19.2 Å². The van der Waals surface area contributed by atoms with Gasteiger partial charge in [0.15, 0.2) is 0 Å². The summed E-state index contributed by atoms with van der Waals surface area (Å²) in [5.41, 5.74) is 0.267. The number of methoxy groups -OCH3 is 1. The van der Waals surface area contributed by atoms with Crippen LogP contribution in [0.4, 0.5) is 10.1 Å². The zero-order chi connectivity index (χ0) is 11.3. The number of hydrogen-bond acceptors (Lipinski definition) is 4. The molecule has 1 aromatic rings. The molecule has 5 heteroatoms. The van der Waals surface area contributed by atoms with Crippen LogP contribution in [-0.4, -0.2) is 36.6 Å². The van der Waals surface area contributed by atoms with Crippen LogP contribution in [0.15, 0.2) is 18.2 Å². The minimum atomic E-state index is -0.897. The summed E-state index contributed by atoms with van der Waals surface area (Å²) in [6, 6.07) is 4.36. The summed E-state index contributed by atoms with van der Waals surface area (Å²) in [7, 11) is 1.46. The van der Waals surface area contributed by atoms with Crippen molar-refractivity contribution in [3.05, 3.63) is 24.0 Å². The normalized spacial score (nSPS) is 12.3. The van der Waals surface area contributed by atoms with Crippen molar-refractivity contribution in [3.63, 3.8) is 0 Å². The summed E-state index contributed by atoms with van der Waals surface area (Å²) in [6.07, 6.45) is -0.897. The van der Waals surface area contributed by atoms with Crippen molar-refractivity contribution in [2.45, 2.75) is 6.10 Å². The van der Waals surface area contributed by atoms with Gasteiger partial charge in [-0.05, 0) is 12.1 Å². The van der Waals surface area contributed by atoms with E-state index in [2.05, 4.69) is 5.32 Å². The molecule has 0 radical (unpaired) electrons. The molecule has 0 fully saturated rings. The lowest BCUT2D eigenvalue weighted by Gasteiger charge is -2.11. The Morgan fingerprint density at radius 3 is 2.80 bits per heavy atom. The Bertz CT molecular complexity index is 320. The fourth-order valence-electron chi connectivity index (χ4n) is 1.06. The number of halogens is 1. The first-order chi connectivity index (χ1) is 7.17. The van der Waals surface area contributed by atoms with Gasteiger partial charge in [-0.3, -0.25) is 0 Å². The van der Waals surface area contributed by atoms with E-state index in [-0.39, 0.29) is 18.8 Å². The van der Waals surface area contributed by atoms with Crippen LogP contribution in [0.2, 0.25) is 0 Å². The Balaban J connectivity index is 2.62. The first-order valence-corrected chi connectivity index (χ1v) is 4.53. The molecule has 0 amide bonds. The fraction of sp³-hybridized carbons (Fsp3) is 0.400. The molecule has 4 nitrogen and oxygen atoms in total. The highest BCUT2D eigenvalue weighted by Gasteiger charge is 2.06. The minimum absolute atomic E-state index is 0.0970. The van der Waals surface area contributed by atoms with E-state index in [0.29, 0.717) is 5.75 Å². The number of ether oxygens (including phenoxy) is 1. The van der Waals surface area contributed by atoms with E-state index in [1.54, 1.807) is 6.07 Å². The second-order valence-electron chi connectivity index (χ2n) is 3.06. The summed E-state index contributed by atoms with van der Waals surface area (Å²) in [6.45, 7) is -0.259. The molecule has 0 aliphatic carbocycles. The molecule has 0 aliphatic rings. The Morgan fingerprint density at radius 2 is 2.27 bits per heavy atom. The van der Waals surface area contributed by atoms with Gasteiger partial charge in [-0.2, -0.15) is 0 Å². The number of nitrogens with one attached hydrogen (secondary N) is 1. The van der Waals surface area contributed by atoms with Crippen LogP contribution in [0.25, 0.3) is 0 Å². The Kier molecular flexibility index (Phi) is 4.33. The average Bonchev–Trinajstić information content (AvgIpc) is 2.26. The molecular formula is C10H14FNO3. The highest BCUT2D eigenvalue weighted by Crippen LogP contribution is 2.19. The first-order valence-electron chi connectivity index (χ1n) is 4.53. The van der Waals surface area contributed by atoms with Crippen LogP contribution in [0.1, 0.15) is 0 Å². The minimum Gasteiger partial charge on any atom is -0.497 e. The van der Waals surface area contributed by atoms with Crippen molar-refractivity contribution in [1.29, 1.82) is 0 Å². The second-order valence-corrected chi connectivity index (χ2v) is 3.06. The fourth-order valence-corrected chi connectivity index (χ4v) is 1.06. The molecule has 1 aromatic carbocycles. The average molecular weight is 215 g/mol. The molecule has 0 saturated heterocycles. The molecule has 0 saturated carbocycles. The highest BCUT2D eigenvalue weighted by atomic mass is 19.1. The molecule has 0 heterocycles. The third kappa shape index (κ3) is 3.38. The van der Waals surface area contributed by atoms with E-state index in [9.17, 15) is 4.39 Å². The van der Waals surface area contributed by atoms with Crippen LogP contribution in [0.5, 0.6) is 5.75 Å². The topological polar surface area (TPSA) is 61.7 Å². The second kappa shape index (κ2) is 5.53. The molecule has 15 heavy (non-hydrogen) atoms. The van der Waals surface area contributed by atoms with Gasteiger partial charge in [-0.25, -0.2) is 4.39 Å². The van der Waals surface area contributed by atoms with Crippen LogP contribution in [-0.2, 0) is 0 Å². The SMILES string of the molecule is COc1ccc(NCC(O)CO)c(F)c1. The molecule has 1 rings (SSSR count). The van der Waals surface area contributed by atoms with Crippen LogP contribution < -0.4 is 10.1 Å². The third-order valence-electron chi connectivity index (χ3n) is 1.92. The molecule has 1 unspecified atom stereocenters. The zero-order valence-corrected chi connectivity index (χ0v) is 8.40. The maximum atomic E-state index is 13.3. The van der Waals surface area contributed by atoms with Crippen molar-refractivity contribution in [2.75, 3.05) is 25.6 Å². The van der Waals surface area contributed by atoms with Crippen molar-refractivity contribution in [3.8, 4) is 5.75 Å². The van der Waals surface area contributed by atoms with E-state index in [0.717, 1.165) is 0 Å². The van der Waals surface area contributed by atoms with Gasteiger partial charge in [0, 0.05) is 12.6 Å². The lowest BCUT2D eigenvalue weighted by atomic mass is 10.2. The molecule has 0 aromatic heterocycles. The number of hydrogen-bond donors (Lipinski definition) is 3. The van der Waals surface area contributed by atoms with Crippen LogP contribution in [0.3, 0.4) is 0 Å². The predicted molar refractivity (Wildman–Crippen MR) is 54.5 cm³/mol. The number of aliphatic hydroxyl groups excluding tert-OH is 2. The van der Waals surface area contributed by atoms with Gasteiger partial charge in [0.2, 0.25) is 0 Å². The lowest BCUT2D eigenvalue weighted by Crippen LogP contribution is -2.23. The van der Waals surface area contributed by atoms with Gasteiger partial charge in [-0.1, -0.05) is 0 Å². The number of benzene rings is 1. The summed E-state index contributed by atoms with van der Waals surface area (Å²) in [5, 5.41) is 20.3. The number of aliphatic hydroxyl groups is 2. The van der Waals surface area contributed by atoms with Gasteiger partial charge in [0.25, 0.3) is 0 Å². The Morgan fingerprint density at radius 1 is 1.53 bits per heavy atom. The molecule has 0 spiro atoms. The van der Waals surface area contributed by atoms with Gasteiger partial charge in [0.1, 0.15) is 11.6 Å². The molecule has 1 atom stereocenters. The Hall–Kier alpha value is -1.33. The van der Waals surface area contributed by atoms with Gasteiger partial charge in [0.05, 0.1) is 25.5 Å². The number of anilines is 1. The van der Waals surface area contributed by atoms with Crippen LogP contribution in [0, 0.1) is 5.82 Å². The summed E-state index contributed by atoms with van der Waals surface area (Å²) in [4.78, 5) is 0. The smallest absolute Gasteiger partial charge is 0.149 e. The van der Waals surface area contributed by atoms with E-state index in [1.807, 2.05) is 0 Å². The molecule has 0 bridgehead atoms. The quantitative estimate of drug-likeness (QED) is 0.673. The highest BCUT2D eigenvalue weighted by molar-refractivity contribution is 5.48. The van der Waals surface area contributed by atoms with E-state index in [4.69, 9.17) is 14.9 Å². The maximum Gasteiger partial charge on any atom is 0.149 e. The molecular weight excluding hydrogens is 201 g/mol. The van der Waals surface area contributed by atoms with Crippen molar-refractivity contribution in [2.24, 2.45) is 0 Å². The predicted octanol–water partition coefficient (Wildman–Crippen LogP) is 0.599. The first kappa shape index (κ1) is 11.7. The van der Waals surface area contributed by atoms with Crippen molar-refractivity contribution >= 4 is 5.69 Å². The monoisotopic (exact) mass is 215 g/mol. The third-order valence-corrected chi connectivity index (χ3v) is 1.92. The standard InChI is InChI=1S/C10H14FNO3/c1-15-8-2-3-10(9(11)4-8)12-5-7(14)6-13/h2-4,7,12-14H,5-6H2,1H3. The molecule has 84 valence electrons. The van der Waals surface area contributed by atoms with Crippen molar-refractivity contribution < 1.29 is 19.3 Å². The van der Waals surface area contributed by atoms with E-state index >= 15 is 0 Å². The zero-order valence-electron chi connectivity index (χ0n) is 8.40. The van der Waals surface area contributed by atoms with Gasteiger partial charge < -0.3 is 20.3 Å².